The molecule has 0 aromatic carbocycles. The van der Waals surface area contributed by atoms with Crippen LogP contribution in [-0.2, 0) is 4.79 Å². The van der Waals surface area contributed by atoms with Crippen LogP contribution >= 0.6 is 0 Å². The van der Waals surface area contributed by atoms with Crippen LogP contribution in [0.4, 0.5) is 0 Å². The quantitative estimate of drug-likeness (QED) is 0.666. The van der Waals surface area contributed by atoms with Crippen LogP contribution in [0.15, 0.2) is 0 Å². The first-order valence-electron chi connectivity index (χ1n) is 9.59. The third-order valence-electron chi connectivity index (χ3n) is 5.45. The summed E-state index contributed by atoms with van der Waals surface area (Å²) in [7, 11) is 0. The molecule has 5 nitrogen and oxygen atoms in total. The van der Waals surface area contributed by atoms with Gasteiger partial charge in [-0.1, -0.05) is 12.8 Å². The molecule has 2 N–H and O–H groups in total. The van der Waals surface area contributed by atoms with E-state index >= 15 is 0 Å². The third-order valence-corrected chi connectivity index (χ3v) is 5.45. The Hall–Kier alpha value is -0.650. The molecule has 1 amide bonds. The molecule has 0 aromatic heterocycles. The minimum absolute atomic E-state index is 0.00505. The van der Waals surface area contributed by atoms with Gasteiger partial charge in [0.25, 0.3) is 0 Å². The van der Waals surface area contributed by atoms with Crippen molar-refractivity contribution in [3.8, 4) is 0 Å². The summed E-state index contributed by atoms with van der Waals surface area (Å²) in [6.07, 6.45) is 9.49. The van der Waals surface area contributed by atoms with Crippen molar-refractivity contribution in [2.75, 3.05) is 39.3 Å². The lowest BCUT2D eigenvalue weighted by Gasteiger charge is -2.26. The van der Waals surface area contributed by atoms with Gasteiger partial charge in [-0.2, -0.15) is 0 Å². The molecule has 2 heterocycles. The largest absolute Gasteiger partial charge is 0.395 e. The van der Waals surface area contributed by atoms with Crippen molar-refractivity contribution in [1.82, 2.24) is 15.1 Å². The van der Waals surface area contributed by atoms with Gasteiger partial charge in [-0.3, -0.25) is 14.6 Å². The van der Waals surface area contributed by atoms with Crippen molar-refractivity contribution in [3.63, 3.8) is 0 Å². The van der Waals surface area contributed by atoms with E-state index in [1.165, 1.54) is 32.1 Å². The molecular formula is C18H35N3O2. The van der Waals surface area contributed by atoms with E-state index in [-0.39, 0.29) is 18.6 Å². The van der Waals surface area contributed by atoms with Crippen LogP contribution < -0.4 is 5.32 Å². The number of carbonyl (C=O) groups excluding carboxylic acids is 1. The Bertz CT molecular complexity index is 343. The van der Waals surface area contributed by atoms with E-state index in [1.54, 1.807) is 0 Å². The average molecular weight is 325 g/mol. The topological polar surface area (TPSA) is 55.8 Å². The zero-order valence-corrected chi connectivity index (χ0v) is 14.8. The molecule has 0 spiro atoms. The summed E-state index contributed by atoms with van der Waals surface area (Å²) >= 11 is 0. The number of rotatable bonds is 8. The lowest BCUT2D eigenvalue weighted by atomic mass is 10.2. The average Bonchev–Trinajstić information content (AvgIpc) is 2.84. The zero-order chi connectivity index (χ0) is 16.5. The number of amides is 1. The number of aliphatic hydroxyl groups is 1. The first-order chi connectivity index (χ1) is 11.2. The predicted molar refractivity (Wildman–Crippen MR) is 93.4 cm³/mol. The molecule has 23 heavy (non-hydrogen) atoms. The monoisotopic (exact) mass is 325 g/mol. The second kappa shape index (κ2) is 10.3. The van der Waals surface area contributed by atoms with Gasteiger partial charge in [0.15, 0.2) is 0 Å². The summed E-state index contributed by atoms with van der Waals surface area (Å²) < 4.78 is 0. The van der Waals surface area contributed by atoms with Crippen molar-refractivity contribution in [2.24, 2.45) is 0 Å². The number of nitrogens with zero attached hydrogens (tertiary/aromatic N) is 2. The fourth-order valence-corrected chi connectivity index (χ4v) is 3.84. The molecule has 0 radical (unpaired) electrons. The molecule has 2 fully saturated rings. The predicted octanol–water partition coefficient (Wildman–Crippen LogP) is 1.60. The van der Waals surface area contributed by atoms with Crippen LogP contribution in [0, 0.1) is 0 Å². The van der Waals surface area contributed by atoms with E-state index in [0.717, 1.165) is 52.0 Å². The molecule has 0 bridgehead atoms. The smallest absolute Gasteiger partial charge is 0.237 e. The summed E-state index contributed by atoms with van der Waals surface area (Å²) in [5, 5.41) is 12.4. The summed E-state index contributed by atoms with van der Waals surface area (Å²) in [6, 6.07) is 0.373. The number of hydrogen-bond acceptors (Lipinski definition) is 4. The molecule has 2 saturated heterocycles. The van der Waals surface area contributed by atoms with Crippen molar-refractivity contribution < 1.29 is 9.90 Å². The Labute approximate surface area is 141 Å². The first kappa shape index (κ1) is 18.7. The standard InChI is InChI=1S/C18H35N3O2/c1-16(20-11-5-2-3-6-12-20)18(23)19-10-4-7-13-21-14-8-9-17(21)15-22/h16-17,22H,2-15H2,1H3,(H,19,23). The van der Waals surface area contributed by atoms with Gasteiger partial charge in [0, 0.05) is 12.6 Å². The number of likely N-dealkylation sites (tertiary alicyclic amines) is 2. The molecule has 5 heteroatoms. The van der Waals surface area contributed by atoms with Crippen LogP contribution in [0.5, 0.6) is 0 Å². The Morgan fingerprint density at radius 2 is 1.87 bits per heavy atom. The fourth-order valence-electron chi connectivity index (χ4n) is 3.84. The van der Waals surface area contributed by atoms with Crippen LogP contribution in [0.1, 0.15) is 58.3 Å². The highest BCUT2D eigenvalue weighted by Crippen LogP contribution is 2.17. The molecule has 2 aliphatic rings. The highest BCUT2D eigenvalue weighted by atomic mass is 16.3. The van der Waals surface area contributed by atoms with Gasteiger partial charge in [0.2, 0.25) is 5.91 Å². The van der Waals surface area contributed by atoms with Gasteiger partial charge in [0.05, 0.1) is 12.6 Å². The number of aliphatic hydroxyl groups excluding tert-OH is 1. The SMILES string of the molecule is CC(C(=O)NCCCCN1CCCC1CO)N1CCCCCC1. The second-order valence-electron chi connectivity index (χ2n) is 7.14. The van der Waals surface area contributed by atoms with E-state index in [1.807, 2.05) is 6.92 Å². The zero-order valence-electron chi connectivity index (χ0n) is 14.8. The molecule has 0 saturated carbocycles. The highest BCUT2D eigenvalue weighted by Gasteiger charge is 2.23. The fraction of sp³-hybridized carbons (Fsp3) is 0.944. The Balaban J connectivity index is 1.57. The van der Waals surface area contributed by atoms with Crippen molar-refractivity contribution >= 4 is 5.91 Å². The molecule has 2 aliphatic heterocycles. The molecule has 0 aromatic rings. The molecule has 2 unspecified atom stereocenters. The number of nitrogens with one attached hydrogen (secondary N) is 1. The Morgan fingerprint density at radius 3 is 2.57 bits per heavy atom. The van der Waals surface area contributed by atoms with Crippen molar-refractivity contribution in [3.05, 3.63) is 0 Å². The van der Waals surface area contributed by atoms with E-state index in [9.17, 15) is 9.90 Å². The Morgan fingerprint density at radius 1 is 1.13 bits per heavy atom. The molecule has 2 atom stereocenters. The second-order valence-corrected chi connectivity index (χ2v) is 7.14. The minimum Gasteiger partial charge on any atom is -0.395 e. The lowest BCUT2D eigenvalue weighted by molar-refractivity contribution is -0.125. The van der Waals surface area contributed by atoms with Crippen LogP contribution in [0.25, 0.3) is 0 Å². The molecule has 0 aliphatic carbocycles. The van der Waals surface area contributed by atoms with Gasteiger partial charge < -0.3 is 10.4 Å². The number of hydrogen-bond donors (Lipinski definition) is 2. The first-order valence-corrected chi connectivity index (χ1v) is 9.59. The van der Waals surface area contributed by atoms with Gasteiger partial charge in [-0.25, -0.2) is 0 Å². The lowest BCUT2D eigenvalue weighted by Crippen LogP contribution is -2.45. The van der Waals surface area contributed by atoms with Gasteiger partial charge in [0.1, 0.15) is 0 Å². The molecular weight excluding hydrogens is 290 g/mol. The highest BCUT2D eigenvalue weighted by molar-refractivity contribution is 5.81. The third kappa shape index (κ3) is 6.05. The summed E-state index contributed by atoms with van der Waals surface area (Å²) in [5.41, 5.74) is 0. The summed E-state index contributed by atoms with van der Waals surface area (Å²) in [5.74, 6) is 0.182. The van der Waals surface area contributed by atoms with Crippen LogP contribution in [-0.4, -0.2) is 72.2 Å². The minimum atomic E-state index is 0.00505. The van der Waals surface area contributed by atoms with Gasteiger partial charge >= 0.3 is 0 Å². The van der Waals surface area contributed by atoms with Crippen molar-refractivity contribution in [2.45, 2.75) is 70.4 Å². The maximum Gasteiger partial charge on any atom is 0.237 e. The van der Waals surface area contributed by atoms with E-state index in [0.29, 0.717) is 6.04 Å². The van der Waals surface area contributed by atoms with E-state index in [4.69, 9.17) is 0 Å². The van der Waals surface area contributed by atoms with E-state index < -0.39 is 0 Å². The molecule has 134 valence electrons. The van der Waals surface area contributed by atoms with E-state index in [2.05, 4.69) is 15.1 Å². The number of carbonyl (C=O) groups is 1. The van der Waals surface area contributed by atoms with Crippen molar-refractivity contribution in [1.29, 1.82) is 0 Å². The Kier molecular flexibility index (Phi) is 8.34. The summed E-state index contributed by atoms with van der Waals surface area (Å²) in [6.45, 7) is 7.38. The summed E-state index contributed by atoms with van der Waals surface area (Å²) in [4.78, 5) is 17.0. The van der Waals surface area contributed by atoms with Crippen LogP contribution in [0.3, 0.4) is 0 Å². The maximum atomic E-state index is 12.3. The van der Waals surface area contributed by atoms with Gasteiger partial charge in [-0.05, 0) is 71.6 Å². The van der Waals surface area contributed by atoms with Gasteiger partial charge in [-0.15, -0.1) is 0 Å². The van der Waals surface area contributed by atoms with Crippen LogP contribution in [0.2, 0.25) is 0 Å². The normalized spacial score (nSPS) is 25.2. The number of unbranched alkanes of at least 4 members (excludes halogenated alkanes) is 1. The molecule has 2 rings (SSSR count). The maximum absolute atomic E-state index is 12.3.